The van der Waals surface area contributed by atoms with Crippen LogP contribution in [0.1, 0.15) is 100 Å². The minimum absolute atomic E-state index is 0.0491. The third-order valence-electron chi connectivity index (χ3n) is 14.4. The van der Waals surface area contributed by atoms with Gasteiger partial charge in [0.05, 0.1) is 94.9 Å². The van der Waals surface area contributed by atoms with E-state index < -0.39 is 58.3 Å². The molecule has 0 aliphatic carbocycles. The predicted molar refractivity (Wildman–Crippen MR) is 316 cm³/mol. The number of ether oxygens (including phenoxy) is 5. The number of halogens is 5. The molecule has 0 bridgehead atoms. The highest BCUT2D eigenvalue weighted by atomic mass is 35.5. The van der Waals surface area contributed by atoms with E-state index in [1.54, 1.807) is 11.3 Å². The Kier molecular flexibility index (Phi) is 21.1. The Morgan fingerprint density at radius 2 is 1.48 bits per heavy atom. The normalized spacial score (nSPS) is 18.4. The van der Waals surface area contributed by atoms with Crippen molar-refractivity contribution < 1.29 is 46.8 Å². The fourth-order valence-electron chi connectivity index (χ4n) is 10.4. The second kappa shape index (κ2) is 28.0. The largest absolute Gasteiger partial charge is 0.495 e. The van der Waals surface area contributed by atoms with Gasteiger partial charge in [0.25, 0.3) is 5.91 Å². The molecule has 1 saturated heterocycles. The molecule has 17 nitrogen and oxygen atoms in total. The van der Waals surface area contributed by atoms with Crippen molar-refractivity contribution in [2.24, 2.45) is 10.4 Å². The van der Waals surface area contributed by atoms with Crippen molar-refractivity contribution in [1.29, 1.82) is 5.26 Å². The summed E-state index contributed by atoms with van der Waals surface area (Å²) < 4.78 is 62.4. The molecule has 5 atom stereocenters. The molecular weight excluding hydrogens is 1150 g/mol. The van der Waals surface area contributed by atoms with Crippen LogP contribution in [0.2, 0.25) is 15.1 Å². The van der Waals surface area contributed by atoms with Crippen LogP contribution in [0.3, 0.4) is 0 Å². The molecule has 83 heavy (non-hydrogen) atoms. The number of nitrogens with one attached hydrogen (secondary N) is 4. The molecule has 4 N–H and O–H groups in total. The minimum Gasteiger partial charge on any atom is -0.495 e. The van der Waals surface area contributed by atoms with Crippen molar-refractivity contribution in [3.05, 3.63) is 155 Å². The third-order valence-corrected chi connectivity index (χ3v) is 16.4. The number of hydrogen-bond donors (Lipinski definition) is 4. The van der Waals surface area contributed by atoms with Gasteiger partial charge in [0.1, 0.15) is 39.7 Å². The summed E-state index contributed by atoms with van der Waals surface area (Å²) in [6.07, 6.45) is 0.357. The molecule has 1 fully saturated rings. The van der Waals surface area contributed by atoms with E-state index in [-0.39, 0.29) is 76.7 Å². The van der Waals surface area contributed by atoms with Crippen molar-refractivity contribution >= 4 is 75.3 Å². The number of benzene rings is 4. The lowest BCUT2D eigenvalue weighted by molar-refractivity contribution is -0.121. The van der Waals surface area contributed by atoms with Gasteiger partial charge in [-0.25, -0.2) is 8.78 Å². The molecule has 3 amide bonds. The number of fused-ring (bicyclic) bond motifs is 3. The molecule has 0 saturated carbocycles. The molecule has 2 aliphatic rings. The summed E-state index contributed by atoms with van der Waals surface area (Å²) >= 11 is 20.4. The van der Waals surface area contributed by atoms with E-state index >= 15 is 8.78 Å². The second-order valence-corrected chi connectivity index (χ2v) is 23.7. The number of nitrogens with zero attached hydrogens (tertiary/aromatic N) is 5. The van der Waals surface area contributed by atoms with Crippen LogP contribution in [0.5, 0.6) is 5.75 Å². The van der Waals surface area contributed by atoms with Crippen LogP contribution >= 0.6 is 46.1 Å². The number of anilines is 1. The Balaban J connectivity index is 0.733. The Hall–Kier alpha value is -6.38. The maximum absolute atomic E-state index is 16.2. The Morgan fingerprint density at radius 1 is 0.831 bits per heavy atom. The van der Waals surface area contributed by atoms with E-state index in [1.807, 2.05) is 56.5 Å². The van der Waals surface area contributed by atoms with E-state index in [2.05, 4.69) is 51.4 Å². The van der Waals surface area contributed by atoms with Gasteiger partial charge in [0.2, 0.25) is 11.8 Å². The smallest absolute Gasteiger partial charge is 0.251 e. The number of nitriles is 1. The van der Waals surface area contributed by atoms with Gasteiger partial charge in [-0.1, -0.05) is 85.9 Å². The van der Waals surface area contributed by atoms with Crippen molar-refractivity contribution in [1.82, 2.24) is 30.7 Å². The molecule has 2 aromatic heterocycles. The first-order valence-corrected chi connectivity index (χ1v) is 29.0. The van der Waals surface area contributed by atoms with Gasteiger partial charge in [0.15, 0.2) is 5.82 Å². The Morgan fingerprint density at radius 3 is 2.12 bits per heavy atom. The zero-order valence-corrected chi connectivity index (χ0v) is 50.2. The molecular formula is C60H66Cl3F2N9O8S. The van der Waals surface area contributed by atoms with Crippen LogP contribution in [0.4, 0.5) is 14.5 Å². The summed E-state index contributed by atoms with van der Waals surface area (Å²) in [5, 5.41) is 33.4. The molecule has 2 aliphatic heterocycles. The number of methoxy groups -OCH3 is 1. The summed E-state index contributed by atoms with van der Waals surface area (Å²) in [7, 11) is 1.38. The summed E-state index contributed by atoms with van der Waals surface area (Å²) in [6, 6.07) is 19.9. The maximum Gasteiger partial charge on any atom is 0.251 e. The van der Waals surface area contributed by atoms with Gasteiger partial charge >= 0.3 is 0 Å². The quantitative estimate of drug-likeness (QED) is 0.0394. The van der Waals surface area contributed by atoms with Crippen molar-refractivity contribution in [3.8, 4) is 16.8 Å². The number of amides is 3. The van der Waals surface area contributed by atoms with Crippen LogP contribution in [-0.2, 0) is 34.0 Å². The molecule has 6 aromatic rings. The van der Waals surface area contributed by atoms with E-state index in [0.717, 1.165) is 38.3 Å². The van der Waals surface area contributed by atoms with Gasteiger partial charge < -0.3 is 45.0 Å². The molecule has 8 rings (SSSR count). The van der Waals surface area contributed by atoms with Crippen LogP contribution in [0.25, 0.3) is 5.00 Å². The molecule has 0 radical (unpaired) electrons. The van der Waals surface area contributed by atoms with E-state index in [1.165, 1.54) is 55.6 Å². The van der Waals surface area contributed by atoms with Gasteiger partial charge in [-0.3, -0.25) is 23.9 Å². The molecule has 440 valence electrons. The third kappa shape index (κ3) is 14.6. The molecule has 3 unspecified atom stereocenters. The Labute approximate surface area is 500 Å². The first-order valence-electron chi connectivity index (χ1n) is 27.0. The van der Waals surface area contributed by atoms with E-state index in [0.29, 0.717) is 62.9 Å². The number of aryl methyl sites for hydroxylation is 2. The van der Waals surface area contributed by atoms with Gasteiger partial charge in [-0.2, -0.15) is 5.26 Å². The number of aromatic nitrogens is 3. The SMILES string of the molecule is COc1cc(C(=O)NCCOCCOCCOCCOCCNC(=O)C[C@@H]2N=C(c3ccc(Cl)cc3)c3c(sc(C)c3C)-n3c(C)nnc32)ccc1NC(=O)C1NC(CC(C)(C)C)[C@](C#N)(c2ccc(Cl)cc2F)C1c1cccc(Cl)c1F. The summed E-state index contributed by atoms with van der Waals surface area (Å²) in [4.78, 5) is 47.3. The topological polar surface area (TPSA) is 212 Å². The zero-order valence-electron chi connectivity index (χ0n) is 47.1. The average Bonchev–Trinajstić information content (AvgIpc) is 3.08. The standard InChI is InChI=1S/C60H66Cl3F2N9O8S/c1-34-35(2)83-58-50(34)53(37-11-14-39(61)15-12-37)69-46(55-73-72-36(3)74(55)58)31-49(75)67-19-21-79-23-25-81-27-28-82-26-24-80-22-20-68-56(76)38-13-18-45(47(29-38)78-7)70-57(77)54-51(41-9-8-10-43(63)52(41)65)60(33-66,48(71-54)32-59(4,5)6)42-17-16-40(62)30-44(42)64/h8-18,29-30,46,48,51,54,71H,19-28,31-32H2,1-7H3,(H,67,75)(H,68,76)(H,70,77)/t46-,48?,51?,54?,60-/m0/s1. The fourth-order valence-corrected chi connectivity index (χ4v) is 12.1. The fraction of sp³-hybridized carbons (Fsp3) is 0.417. The molecule has 23 heteroatoms. The van der Waals surface area contributed by atoms with Gasteiger partial charge in [-0.15, -0.1) is 21.5 Å². The summed E-state index contributed by atoms with van der Waals surface area (Å²) in [5.41, 5.74) is 1.85. The number of rotatable bonds is 25. The maximum atomic E-state index is 16.2. The lowest BCUT2D eigenvalue weighted by Gasteiger charge is -2.37. The predicted octanol–water partition coefficient (Wildman–Crippen LogP) is 10.4. The average molecular weight is 1220 g/mol. The highest BCUT2D eigenvalue weighted by Crippen LogP contribution is 2.53. The van der Waals surface area contributed by atoms with Crippen LogP contribution < -0.4 is 26.0 Å². The molecule has 4 heterocycles. The van der Waals surface area contributed by atoms with Gasteiger partial charge in [-0.05, 0) is 92.3 Å². The lowest BCUT2D eigenvalue weighted by atomic mass is 9.62. The van der Waals surface area contributed by atoms with Crippen molar-refractivity contribution in [2.45, 2.75) is 83.8 Å². The molecule has 4 aromatic carbocycles. The van der Waals surface area contributed by atoms with Crippen LogP contribution in [0, 0.1) is 49.2 Å². The number of aliphatic imine (C=N–C) groups is 1. The summed E-state index contributed by atoms with van der Waals surface area (Å²) in [5.74, 6) is -2.73. The lowest BCUT2D eigenvalue weighted by Crippen LogP contribution is -2.45. The number of thiophene rings is 1. The van der Waals surface area contributed by atoms with Gasteiger partial charge in [0, 0.05) is 62.2 Å². The number of carbonyl (C=O) groups excluding carboxylic acids is 3. The second-order valence-electron chi connectivity index (χ2n) is 21.3. The van der Waals surface area contributed by atoms with Crippen molar-refractivity contribution in [2.75, 3.05) is 78.4 Å². The van der Waals surface area contributed by atoms with E-state index in [4.69, 9.17) is 63.5 Å². The highest BCUT2D eigenvalue weighted by molar-refractivity contribution is 7.15. The van der Waals surface area contributed by atoms with Crippen LogP contribution in [-0.4, -0.2) is 123 Å². The Bertz CT molecular complexity index is 3390. The first kappa shape index (κ1) is 62.7. The molecule has 0 spiro atoms. The number of carbonyl (C=O) groups is 3. The van der Waals surface area contributed by atoms with E-state index in [9.17, 15) is 19.6 Å². The van der Waals surface area contributed by atoms with Crippen LogP contribution in [0.15, 0.2) is 83.9 Å². The monoisotopic (exact) mass is 1220 g/mol. The first-order chi connectivity index (χ1) is 39.8. The van der Waals surface area contributed by atoms with Crippen molar-refractivity contribution in [3.63, 3.8) is 0 Å². The minimum atomic E-state index is -1.82. The number of hydrogen-bond acceptors (Lipinski definition) is 14. The zero-order chi connectivity index (χ0) is 59.6. The highest BCUT2D eigenvalue weighted by Gasteiger charge is 2.61. The summed E-state index contributed by atoms with van der Waals surface area (Å²) in [6.45, 7) is 14.8.